The second-order valence-corrected chi connectivity index (χ2v) is 5.97. The van der Waals surface area contributed by atoms with Crippen molar-refractivity contribution < 1.29 is 18.7 Å². The Labute approximate surface area is 130 Å². The lowest BCUT2D eigenvalue weighted by Crippen LogP contribution is -2.41. The van der Waals surface area contributed by atoms with E-state index in [0.29, 0.717) is 31.1 Å². The van der Waals surface area contributed by atoms with Crippen LogP contribution >= 0.6 is 15.9 Å². The van der Waals surface area contributed by atoms with Crippen LogP contribution in [0.2, 0.25) is 0 Å². The zero-order valence-corrected chi connectivity index (χ0v) is 13.5. The summed E-state index contributed by atoms with van der Waals surface area (Å²) in [5, 5.41) is 0.822. The van der Waals surface area contributed by atoms with E-state index in [1.807, 2.05) is 25.1 Å². The molecule has 0 saturated carbocycles. The minimum Gasteiger partial charge on any atom is -0.487 e. The van der Waals surface area contributed by atoms with Crippen LogP contribution in [-0.4, -0.2) is 43.7 Å². The molecule has 1 amide bonds. The van der Waals surface area contributed by atoms with Crippen LogP contribution in [0.3, 0.4) is 0 Å². The SMILES string of the molecule is COCCN1C(=O)c2oc3cc(Br)ccc3c2OC[C@H]1C. The van der Waals surface area contributed by atoms with Crippen molar-refractivity contribution in [3.05, 3.63) is 28.4 Å². The van der Waals surface area contributed by atoms with Crippen molar-refractivity contribution in [1.29, 1.82) is 0 Å². The van der Waals surface area contributed by atoms with Gasteiger partial charge >= 0.3 is 0 Å². The highest BCUT2D eigenvalue weighted by Gasteiger charge is 2.33. The standard InChI is InChI=1S/C15H16BrNO4/c1-9-8-20-13-11-4-3-10(16)7-12(11)21-14(13)15(18)17(9)5-6-19-2/h3-4,7,9H,5-6,8H2,1-2H3/t9-/m1/s1. The molecule has 5 nitrogen and oxygen atoms in total. The zero-order valence-electron chi connectivity index (χ0n) is 11.9. The van der Waals surface area contributed by atoms with Crippen LogP contribution < -0.4 is 4.74 Å². The number of methoxy groups -OCH3 is 1. The summed E-state index contributed by atoms with van der Waals surface area (Å²) in [6.45, 7) is 3.39. The lowest BCUT2D eigenvalue weighted by atomic mass is 10.2. The van der Waals surface area contributed by atoms with Gasteiger partial charge in [0.1, 0.15) is 12.2 Å². The third kappa shape index (κ3) is 2.53. The lowest BCUT2D eigenvalue weighted by molar-refractivity contribution is 0.0574. The Morgan fingerprint density at radius 3 is 3.05 bits per heavy atom. The Kier molecular flexibility index (Phi) is 3.91. The van der Waals surface area contributed by atoms with Gasteiger partial charge in [0.2, 0.25) is 5.76 Å². The molecule has 1 atom stereocenters. The molecule has 21 heavy (non-hydrogen) atoms. The molecule has 1 aliphatic heterocycles. The molecule has 112 valence electrons. The minimum atomic E-state index is -0.153. The van der Waals surface area contributed by atoms with E-state index in [0.717, 1.165) is 9.86 Å². The predicted molar refractivity (Wildman–Crippen MR) is 81.8 cm³/mol. The third-order valence-electron chi connectivity index (χ3n) is 3.60. The maximum Gasteiger partial charge on any atom is 0.293 e. The first kappa shape index (κ1) is 14.4. The fourth-order valence-corrected chi connectivity index (χ4v) is 2.81. The molecule has 3 rings (SSSR count). The van der Waals surface area contributed by atoms with Gasteiger partial charge in [-0.25, -0.2) is 0 Å². The Morgan fingerprint density at radius 2 is 2.29 bits per heavy atom. The highest BCUT2D eigenvalue weighted by Crippen LogP contribution is 2.37. The van der Waals surface area contributed by atoms with Crippen LogP contribution in [0.25, 0.3) is 11.0 Å². The second kappa shape index (κ2) is 5.69. The monoisotopic (exact) mass is 353 g/mol. The molecule has 1 aromatic carbocycles. The van der Waals surface area contributed by atoms with E-state index >= 15 is 0 Å². The smallest absolute Gasteiger partial charge is 0.293 e. The molecule has 2 aromatic rings. The number of ether oxygens (including phenoxy) is 2. The molecule has 0 fully saturated rings. The molecule has 0 aliphatic carbocycles. The summed E-state index contributed by atoms with van der Waals surface area (Å²) in [7, 11) is 1.62. The van der Waals surface area contributed by atoms with Crippen LogP contribution in [0.1, 0.15) is 17.5 Å². The fourth-order valence-electron chi connectivity index (χ4n) is 2.47. The van der Waals surface area contributed by atoms with E-state index in [1.54, 1.807) is 12.0 Å². The highest BCUT2D eigenvalue weighted by molar-refractivity contribution is 9.10. The number of rotatable bonds is 3. The van der Waals surface area contributed by atoms with Crippen molar-refractivity contribution in [2.75, 3.05) is 26.9 Å². The van der Waals surface area contributed by atoms with Gasteiger partial charge in [-0.2, -0.15) is 0 Å². The number of carbonyl (C=O) groups is 1. The van der Waals surface area contributed by atoms with Crippen LogP contribution in [0, 0.1) is 0 Å². The van der Waals surface area contributed by atoms with Crippen LogP contribution in [-0.2, 0) is 4.74 Å². The summed E-state index contributed by atoms with van der Waals surface area (Å²) in [6, 6.07) is 5.61. The predicted octanol–water partition coefficient (Wildman–Crippen LogP) is 3.06. The van der Waals surface area contributed by atoms with Gasteiger partial charge in [-0.05, 0) is 25.1 Å². The molecule has 1 aromatic heterocycles. The Bertz CT molecular complexity index is 682. The van der Waals surface area contributed by atoms with Gasteiger partial charge in [-0.3, -0.25) is 4.79 Å². The summed E-state index contributed by atoms with van der Waals surface area (Å²) in [4.78, 5) is 14.4. The van der Waals surface area contributed by atoms with E-state index in [1.165, 1.54) is 0 Å². The molecule has 0 radical (unpaired) electrons. The number of nitrogens with zero attached hydrogens (tertiary/aromatic N) is 1. The number of furan rings is 1. The summed E-state index contributed by atoms with van der Waals surface area (Å²) < 4.78 is 17.5. The van der Waals surface area contributed by atoms with E-state index in [9.17, 15) is 4.79 Å². The number of benzene rings is 1. The average molecular weight is 354 g/mol. The average Bonchev–Trinajstić information content (AvgIpc) is 2.77. The van der Waals surface area contributed by atoms with E-state index in [2.05, 4.69) is 15.9 Å². The van der Waals surface area contributed by atoms with Gasteiger partial charge in [0.05, 0.1) is 18.0 Å². The zero-order chi connectivity index (χ0) is 15.0. The van der Waals surface area contributed by atoms with Gasteiger partial charge in [0.25, 0.3) is 5.91 Å². The number of hydrogen-bond donors (Lipinski definition) is 0. The first-order chi connectivity index (χ1) is 10.1. The second-order valence-electron chi connectivity index (χ2n) is 5.05. The molecule has 2 heterocycles. The van der Waals surface area contributed by atoms with Gasteiger partial charge in [-0.1, -0.05) is 15.9 Å². The fraction of sp³-hybridized carbons (Fsp3) is 0.400. The Balaban J connectivity index is 2.05. The minimum absolute atomic E-state index is 0.0271. The van der Waals surface area contributed by atoms with Crippen molar-refractivity contribution in [3.63, 3.8) is 0 Å². The Morgan fingerprint density at radius 1 is 1.48 bits per heavy atom. The van der Waals surface area contributed by atoms with E-state index < -0.39 is 0 Å². The maximum absolute atomic E-state index is 12.7. The van der Waals surface area contributed by atoms with Gasteiger partial charge in [0.15, 0.2) is 5.75 Å². The first-order valence-corrected chi connectivity index (χ1v) is 7.56. The van der Waals surface area contributed by atoms with Crippen molar-refractivity contribution in [2.45, 2.75) is 13.0 Å². The van der Waals surface area contributed by atoms with Gasteiger partial charge in [-0.15, -0.1) is 0 Å². The number of hydrogen-bond acceptors (Lipinski definition) is 4. The molecule has 1 aliphatic rings. The van der Waals surface area contributed by atoms with E-state index in [4.69, 9.17) is 13.9 Å². The lowest BCUT2D eigenvalue weighted by Gasteiger charge is -2.25. The van der Waals surface area contributed by atoms with Crippen LogP contribution in [0.15, 0.2) is 27.1 Å². The van der Waals surface area contributed by atoms with Crippen molar-refractivity contribution in [2.24, 2.45) is 0 Å². The van der Waals surface area contributed by atoms with Gasteiger partial charge < -0.3 is 18.8 Å². The first-order valence-electron chi connectivity index (χ1n) is 6.76. The summed E-state index contributed by atoms with van der Waals surface area (Å²) >= 11 is 3.40. The number of fused-ring (bicyclic) bond motifs is 3. The maximum atomic E-state index is 12.7. The summed E-state index contributed by atoms with van der Waals surface area (Å²) in [5.41, 5.74) is 0.643. The summed E-state index contributed by atoms with van der Waals surface area (Å²) in [6.07, 6.45) is 0. The topological polar surface area (TPSA) is 51.9 Å². The number of carbonyl (C=O) groups excluding carboxylic acids is 1. The number of amides is 1. The molecule has 0 unspecified atom stereocenters. The Hall–Kier alpha value is -1.53. The third-order valence-corrected chi connectivity index (χ3v) is 4.09. The summed E-state index contributed by atoms with van der Waals surface area (Å²) in [5.74, 6) is 0.650. The molecular formula is C15H16BrNO4. The normalized spacial score (nSPS) is 18.5. The van der Waals surface area contributed by atoms with Gasteiger partial charge in [0, 0.05) is 18.1 Å². The molecule has 0 bridgehead atoms. The molecule has 0 spiro atoms. The largest absolute Gasteiger partial charge is 0.487 e. The molecular weight excluding hydrogens is 338 g/mol. The van der Waals surface area contributed by atoms with E-state index in [-0.39, 0.29) is 17.7 Å². The number of halogens is 1. The van der Waals surface area contributed by atoms with Crippen LogP contribution in [0.4, 0.5) is 0 Å². The van der Waals surface area contributed by atoms with Crippen molar-refractivity contribution >= 4 is 32.8 Å². The molecule has 0 saturated heterocycles. The van der Waals surface area contributed by atoms with Crippen LogP contribution in [0.5, 0.6) is 5.75 Å². The quantitative estimate of drug-likeness (QED) is 0.850. The highest BCUT2D eigenvalue weighted by atomic mass is 79.9. The van der Waals surface area contributed by atoms with Crippen molar-refractivity contribution in [3.8, 4) is 5.75 Å². The molecule has 6 heteroatoms. The molecule has 0 N–H and O–H groups in total. The van der Waals surface area contributed by atoms with Crippen molar-refractivity contribution in [1.82, 2.24) is 4.90 Å².